The zero-order valence-electron chi connectivity index (χ0n) is 11.1. The lowest BCUT2D eigenvalue weighted by atomic mass is 10.3. The molecule has 0 aliphatic rings. The Balaban J connectivity index is 2.39. The van der Waals surface area contributed by atoms with E-state index in [1.807, 2.05) is 11.9 Å². The van der Waals surface area contributed by atoms with Crippen molar-refractivity contribution in [1.82, 2.24) is 4.90 Å². The van der Waals surface area contributed by atoms with Gasteiger partial charge in [0.2, 0.25) is 0 Å². The van der Waals surface area contributed by atoms with Crippen LogP contribution < -0.4 is 4.74 Å². The molecule has 0 saturated heterocycles. The van der Waals surface area contributed by atoms with Crippen molar-refractivity contribution in [2.24, 2.45) is 0 Å². The molecule has 1 N–H and O–H groups in total. The summed E-state index contributed by atoms with van der Waals surface area (Å²) >= 11 is 11.9. The number of methoxy groups -OCH3 is 1. The van der Waals surface area contributed by atoms with Crippen LogP contribution in [0.2, 0.25) is 10.0 Å². The highest BCUT2D eigenvalue weighted by atomic mass is 35.5. The molecule has 0 spiro atoms. The van der Waals surface area contributed by atoms with Gasteiger partial charge in [-0.05, 0) is 19.2 Å². The quantitative estimate of drug-likeness (QED) is 0.800. The van der Waals surface area contributed by atoms with Gasteiger partial charge < -0.3 is 19.5 Å². The third-order valence-electron chi connectivity index (χ3n) is 2.54. The molecule has 1 aromatic rings. The lowest BCUT2D eigenvalue weighted by molar-refractivity contribution is 0.0668. The number of hydrogen-bond donors (Lipinski definition) is 1. The molecule has 0 aliphatic heterocycles. The van der Waals surface area contributed by atoms with Crippen LogP contribution >= 0.6 is 23.2 Å². The van der Waals surface area contributed by atoms with E-state index in [4.69, 9.17) is 32.7 Å². The lowest BCUT2D eigenvalue weighted by Crippen LogP contribution is -2.34. The second-order valence-corrected chi connectivity index (χ2v) is 5.09. The number of rotatable bonds is 8. The van der Waals surface area contributed by atoms with E-state index in [-0.39, 0.29) is 6.61 Å². The lowest BCUT2D eigenvalue weighted by Gasteiger charge is -2.20. The van der Waals surface area contributed by atoms with E-state index < -0.39 is 6.10 Å². The predicted molar refractivity (Wildman–Crippen MR) is 77.3 cm³/mol. The molecule has 0 aromatic heterocycles. The van der Waals surface area contributed by atoms with Gasteiger partial charge in [0, 0.05) is 20.2 Å². The van der Waals surface area contributed by atoms with Gasteiger partial charge in [-0.25, -0.2) is 0 Å². The highest BCUT2D eigenvalue weighted by Crippen LogP contribution is 2.32. The van der Waals surface area contributed by atoms with E-state index in [9.17, 15) is 5.11 Å². The largest absolute Gasteiger partial charge is 0.488 e. The van der Waals surface area contributed by atoms with Crippen molar-refractivity contribution >= 4 is 23.2 Å². The zero-order chi connectivity index (χ0) is 14.3. The first-order valence-electron chi connectivity index (χ1n) is 5.97. The number of halogens is 2. The summed E-state index contributed by atoms with van der Waals surface area (Å²) in [7, 11) is 3.55. The normalized spacial score (nSPS) is 12.7. The van der Waals surface area contributed by atoms with E-state index in [0.29, 0.717) is 28.9 Å². The van der Waals surface area contributed by atoms with Crippen LogP contribution in [0.4, 0.5) is 0 Å². The van der Waals surface area contributed by atoms with Crippen molar-refractivity contribution in [2.45, 2.75) is 6.10 Å². The van der Waals surface area contributed by atoms with Crippen LogP contribution in [0.5, 0.6) is 5.75 Å². The number of ether oxygens (including phenoxy) is 2. The fraction of sp³-hybridized carbons (Fsp3) is 0.538. The molecule has 0 fully saturated rings. The summed E-state index contributed by atoms with van der Waals surface area (Å²) in [4.78, 5) is 1.96. The number of aliphatic hydroxyl groups is 1. The number of nitrogens with zero attached hydrogens (tertiary/aromatic N) is 1. The van der Waals surface area contributed by atoms with Crippen molar-refractivity contribution in [2.75, 3.05) is 40.5 Å². The van der Waals surface area contributed by atoms with Gasteiger partial charge in [-0.15, -0.1) is 0 Å². The summed E-state index contributed by atoms with van der Waals surface area (Å²) in [6, 6.07) is 5.13. The topological polar surface area (TPSA) is 41.9 Å². The van der Waals surface area contributed by atoms with Gasteiger partial charge in [0.05, 0.1) is 16.7 Å². The molecule has 1 unspecified atom stereocenters. The minimum Gasteiger partial charge on any atom is -0.488 e. The van der Waals surface area contributed by atoms with Crippen LogP contribution in [0.1, 0.15) is 0 Å². The van der Waals surface area contributed by atoms with Gasteiger partial charge in [-0.3, -0.25) is 0 Å². The predicted octanol–water partition coefficient (Wildman–Crippen LogP) is 2.31. The second kappa shape index (κ2) is 8.61. The van der Waals surface area contributed by atoms with Crippen molar-refractivity contribution < 1.29 is 14.6 Å². The summed E-state index contributed by atoms with van der Waals surface area (Å²) < 4.78 is 10.4. The SMILES string of the molecule is COCCN(C)CC(O)COc1c(Cl)cccc1Cl. The summed E-state index contributed by atoms with van der Waals surface area (Å²) in [6.07, 6.45) is -0.616. The molecule has 1 rings (SSSR count). The van der Waals surface area contributed by atoms with Gasteiger partial charge in [0.15, 0.2) is 5.75 Å². The van der Waals surface area contributed by atoms with E-state index >= 15 is 0 Å². The van der Waals surface area contributed by atoms with Crippen molar-refractivity contribution in [3.8, 4) is 5.75 Å². The van der Waals surface area contributed by atoms with Crippen LogP contribution in [-0.4, -0.2) is 56.6 Å². The van der Waals surface area contributed by atoms with Crippen LogP contribution in [0.3, 0.4) is 0 Å². The summed E-state index contributed by atoms with van der Waals surface area (Å²) in [5.41, 5.74) is 0. The number of hydrogen-bond acceptors (Lipinski definition) is 4. The van der Waals surface area contributed by atoms with Gasteiger partial charge in [-0.2, -0.15) is 0 Å². The maximum atomic E-state index is 9.87. The van der Waals surface area contributed by atoms with E-state index in [1.165, 1.54) is 0 Å². The minimum absolute atomic E-state index is 0.140. The molecule has 0 bridgehead atoms. The first-order chi connectivity index (χ1) is 9.04. The summed E-state index contributed by atoms with van der Waals surface area (Å²) in [5, 5.41) is 10.7. The molecular formula is C13H19Cl2NO3. The molecule has 0 radical (unpaired) electrons. The van der Waals surface area contributed by atoms with Gasteiger partial charge >= 0.3 is 0 Å². The average Bonchev–Trinajstić information content (AvgIpc) is 2.35. The highest BCUT2D eigenvalue weighted by Gasteiger charge is 2.12. The van der Waals surface area contributed by atoms with Crippen molar-refractivity contribution in [3.05, 3.63) is 28.2 Å². The molecule has 0 aliphatic carbocycles. The molecule has 0 amide bonds. The van der Waals surface area contributed by atoms with Crippen LogP contribution in [0.25, 0.3) is 0 Å². The number of aliphatic hydroxyl groups excluding tert-OH is 1. The third kappa shape index (κ3) is 5.97. The molecule has 1 atom stereocenters. The Morgan fingerprint density at radius 3 is 2.53 bits per heavy atom. The molecule has 0 heterocycles. The number of para-hydroxylation sites is 1. The number of likely N-dealkylation sites (N-methyl/N-ethyl adjacent to an activating group) is 1. The summed E-state index contributed by atoms with van der Waals surface area (Å²) in [5.74, 6) is 0.407. The van der Waals surface area contributed by atoms with Crippen LogP contribution in [0.15, 0.2) is 18.2 Å². The van der Waals surface area contributed by atoms with Gasteiger partial charge in [0.1, 0.15) is 12.7 Å². The van der Waals surface area contributed by atoms with Gasteiger partial charge in [0.25, 0.3) is 0 Å². The average molecular weight is 308 g/mol. The van der Waals surface area contributed by atoms with Crippen molar-refractivity contribution in [3.63, 3.8) is 0 Å². The standard InChI is InChI=1S/C13H19Cl2NO3/c1-16(6-7-18-2)8-10(17)9-19-13-11(14)4-3-5-12(13)15/h3-5,10,17H,6-9H2,1-2H3. The third-order valence-corrected chi connectivity index (χ3v) is 3.13. The Morgan fingerprint density at radius 1 is 1.32 bits per heavy atom. The zero-order valence-corrected chi connectivity index (χ0v) is 12.6. The molecular weight excluding hydrogens is 289 g/mol. The molecule has 19 heavy (non-hydrogen) atoms. The maximum Gasteiger partial charge on any atom is 0.156 e. The molecule has 0 saturated carbocycles. The van der Waals surface area contributed by atoms with E-state index in [1.54, 1.807) is 25.3 Å². The van der Waals surface area contributed by atoms with Gasteiger partial charge in [-0.1, -0.05) is 29.3 Å². The number of benzene rings is 1. The Kier molecular flexibility index (Phi) is 7.49. The fourth-order valence-electron chi connectivity index (χ4n) is 1.55. The minimum atomic E-state index is -0.616. The van der Waals surface area contributed by atoms with Crippen molar-refractivity contribution in [1.29, 1.82) is 0 Å². The fourth-order valence-corrected chi connectivity index (χ4v) is 2.06. The second-order valence-electron chi connectivity index (χ2n) is 4.27. The highest BCUT2D eigenvalue weighted by molar-refractivity contribution is 6.37. The smallest absolute Gasteiger partial charge is 0.156 e. The molecule has 1 aromatic carbocycles. The molecule has 108 valence electrons. The molecule has 4 nitrogen and oxygen atoms in total. The Hall–Kier alpha value is -0.520. The Bertz CT molecular complexity index is 370. The monoisotopic (exact) mass is 307 g/mol. The first-order valence-corrected chi connectivity index (χ1v) is 6.72. The van der Waals surface area contributed by atoms with E-state index in [0.717, 1.165) is 6.54 Å². The Labute approximate surface area is 123 Å². The first kappa shape index (κ1) is 16.5. The summed E-state index contributed by atoms with van der Waals surface area (Å²) in [6.45, 7) is 2.01. The molecule has 6 heteroatoms. The maximum absolute atomic E-state index is 9.87. The Morgan fingerprint density at radius 2 is 1.95 bits per heavy atom. The van der Waals surface area contributed by atoms with Crippen LogP contribution in [-0.2, 0) is 4.74 Å². The van der Waals surface area contributed by atoms with E-state index in [2.05, 4.69) is 0 Å². The van der Waals surface area contributed by atoms with Crippen LogP contribution in [0, 0.1) is 0 Å².